The van der Waals surface area contributed by atoms with Gasteiger partial charge in [0.1, 0.15) is 0 Å². The Morgan fingerprint density at radius 2 is 2.00 bits per heavy atom. The van der Waals surface area contributed by atoms with Crippen molar-refractivity contribution in [3.63, 3.8) is 0 Å². The van der Waals surface area contributed by atoms with Crippen LogP contribution in [0.3, 0.4) is 0 Å². The molecular weight excluding hydrogens is 238 g/mol. The smallest absolute Gasteiger partial charge is 0.0656 e. The standard InChI is InChI=1S/C16H31NO2/c1-12(2)10-19-15-9-14(16(15,3)4)17-7-8-18-11-13-5-6-13/h12-15,17H,5-11H2,1-4H3. The van der Waals surface area contributed by atoms with Gasteiger partial charge >= 0.3 is 0 Å². The Morgan fingerprint density at radius 3 is 2.58 bits per heavy atom. The molecule has 0 aromatic carbocycles. The van der Waals surface area contributed by atoms with Crippen molar-refractivity contribution >= 4 is 0 Å². The lowest BCUT2D eigenvalue weighted by atomic mass is 9.64. The van der Waals surface area contributed by atoms with Crippen molar-refractivity contribution in [2.75, 3.05) is 26.4 Å². The minimum atomic E-state index is 0.255. The van der Waals surface area contributed by atoms with E-state index >= 15 is 0 Å². The Labute approximate surface area is 118 Å². The van der Waals surface area contributed by atoms with Crippen LogP contribution in [0.15, 0.2) is 0 Å². The maximum Gasteiger partial charge on any atom is 0.0656 e. The molecule has 3 nitrogen and oxygen atoms in total. The molecule has 1 N–H and O–H groups in total. The third-order valence-corrected chi connectivity index (χ3v) is 4.50. The first-order chi connectivity index (χ1) is 9.00. The van der Waals surface area contributed by atoms with Gasteiger partial charge in [-0.15, -0.1) is 0 Å². The molecule has 0 aliphatic heterocycles. The highest BCUT2D eigenvalue weighted by Gasteiger charge is 2.48. The van der Waals surface area contributed by atoms with E-state index in [4.69, 9.17) is 9.47 Å². The number of nitrogens with one attached hydrogen (secondary N) is 1. The topological polar surface area (TPSA) is 30.5 Å². The normalized spacial score (nSPS) is 29.5. The quantitative estimate of drug-likeness (QED) is 0.653. The van der Waals surface area contributed by atoms with Gasteiger partial charge in [0.2, 0.25) is 0 Å². The number of ether oxygens (including phenoxy) is 2. The summed E-state index contributed by atoms with van der Waals surface area (Å²) in [6.07, 6.45) is 4.30. The van der Waals surface area contributed by atoms with Crippen molar-refractivity contribution in [1.29, 1.82) is 0 Å². The van der Waals surface area contributed by atoms with Crippen LogP contribution in [0.4, 0.5) is 0 Å². The first kappa shape index (κ1) is 15.3. The summed E-state index contributed by atoms with van der Waals surface area (Å²) in [5, 5.41) is 3.62. The summed E-state index contributed by atoms with van der Waals surface area (Å²) in [7, 11) is 0. The van der Waals surface area contributed by atoms with E-state index in [0.717, 1.165) is 38.7 Å². The molecule has 112 valence electrons. The van der Waals surface area contributed by atoms with E-state index in [0.29, 0.717) is 18.1 Å². The van der Waals surface area contributed by atoms with Crippen LogP contribution in [-0.2, 0) is 9.47 Å². The van der Waals surface area contributed by atoms with Gasteiger partial charge in [0.25, 0.3) is 0 Å². The predicted octanol–water partition coefficient (Wildman–Crippen LogP) is 2.84. The molecule has 2 atom stereocenters. The zero-order valence-corrected chi connectivity index (χ0v) is 13.1. The fourth-order valence-electron chi connectivity index (χ4n) is 2.66. The fourth-order valence-corrected chi connectivity index (χ4v) is 2.66. The third-order valence-electron chi connectivity index (χ3n) is 4.50. The zero-order chi connectivity index (χ0) is 13.9. The highest BCUT2D eigenvalue weighted by Crippen LogP contribution is 2.42. The molecule has 2 aliphatic carbocycles. The predicted molar refractivity (Wildman–Crippen MR) is 78.3 cm³/mol. The second-order valence-electron chi connectivity index (χ2n) is 7.30. The summed E-state index contributed by atoms with van der Waals surface area (Å²) < 4.78 is 11.6. The van der Waals surface area contributed by atoms with Crippen molar-refractivity contribution < 1.29 is 9.47 Å². The SMILES string of the molecule is CC(C)COC1CC(NCCOCC2CC2)C1(C)C. The highest BCUT2D eigenvalue weighted by molar-refractivity contribution is 5.02. The summed E-state index contributed by atoms with van der Waals surface area (Å²) in [6.45, 7) is 12.7. The van der Waals surface area contributed by atoms with E-state index in [1.54, 1.807) is 0 Å². The van der Waals surface area contributed by atoms with E-state index < -0.39 is 0 Å². The molecular formula is C16H31NO2. The van der Waals surface area contributed by atoms with Crippen LogP contribution in [0.5, 0.6) is 0 Å². The second-order valence-corrected chi connectivity index (χ2v) is 7.30. The lowest BCUT2D eigenvalue weighted by molar-refractivity contribution is -0.124. The molecule has 0 aromatic rings. The van der Waals surface area contributed by atoms with Crippen LogP contribution in [0.2, 0.25) is 0 Å². The maximum absolute atomic E-state index is 5.98. The van der Waals surface area contributed by atoms with Crippen molar-refractivity contribution in [2.24, 2.45) is 17.3 Å². The molecule has 19 heavy (non-hydrogen) atoms. The molecule has 0 amide bonds. The van der Waals surface area contributed by atoms with Crippen LogP contribution in [0.1, 0.15) is 47.0 Å². The van der Waals surface area contributed by atoms with Crippen LogP contribution in [-0.4, -0.2) is 38.5 Å². The summed E-state index contributed by atoms with van der Waals surface area (Å²) in [4.78, 5) is 0. The van der Waals surface area contributed by atoms with Gasteiger partial charge in [0, 0.05) is 31.2 Å². The average molecular weight is 269 g/mol. The zero-order valence-electron chi connectivity index (χ0n) is 13.1. The van der Waals surface area contributed by atoms with Crippen LogP contribution in [0.25, 0.3) is 0 Å². The van der Waals surface area contributed by atoms with Gasteiger partial charge in [0.15, 0.2) is 0 Å². The second kappa shape index (κ2) is 6.55. The molecule has 0 heterocycles. The van der Waals surface area contributed by atoms with Crippen molar-refractivity contribution in [1.82, 2.24) is 5.32 Å². The van der Waals surface area contributed by atoms with E-state index in [1.165, 1.54) is 12.8 Å². The third kappa shape index (κ3) is 4.44. The monoisotopic (exact) mass is 269 g/mol. The Bertz CT molecular complexity index is 274. The minimum Gasteiger partial charge on any atom is -0.380 e. The molecule has 2 unspecified atom stereocenters. The molecule has 2 saturated carbocycles. The molecule has 2 aliphatic rings. The number of hydrogen-bond donors (Lipinski definition) is 1. The fraction of sp³-hybridized carbons (Fsp3) is 1.00. The molecule has 0 saturated heterocycles. The molecule has 0 bridgehead atoms. The van der Waals surface area contributed by atoms with E-state index in [2.05, 4.69) is 33.0 Å². The Kier molecular flexibility index (Phi) is 5.27. The lowest BCUT2D eigenvalue weighted by Crippen LogP contribution is -2.61. The summed E-state index contributed by atoms with van der Waals surface area (Å²) >= 11 is 0. The number of rotatable bonds is 9. The first-order valence-electron chi connectivity index (χ1n) is 7.93. The van der Waals surface area contributed by atoms with E-state index in [9.17, 15) is 0 Å². The lowest BCUT2D eigenvalue weighted by Gasteiger charge is -2.52. The molecule has 2 rings (SSSR count). The van der Waals surface area contributed by atoms with Crippen LogP contribution in [0, 0.1) is 17.3 Å². The van der Waals surface area contributed by atoms with Crippen molar-refractivity contribution in [3.05, 3.63) is 0 Å². The Hall–Kier alpha value is -0.120. The van der Waals surface area contributed by atoms with Crippen LogP contribution < -0.4 is 5.32 Å². The van der Waals surface area contributed by atoms with Crippen molar-refractivity contribution in [3.8, 4) is 0 Å². The van der Waals surface area contributed by atoms with Gasteiger partial charge in [0.05, 0.1) is 12.7 Å². The summed E-state index contributed by atoms with van der Waals surface area (Å²) in [6, 6.07) is 0.578. The molecule has 0 spiro atoms. The van der Waals surface area contributed by atoms with E-state index in [1.807, 2.05) is 0 Å². The summed E-state index contributed by atoms with van der Waals surface area (Å²) in [5.74, 6) is 1.49. The summed E-state index contributed by atoms with van der Waals surface area (Å²) in [5.41, 5.74) is 0.255. The minimum absolute atomic E-state index is 0.255. The van der Waals surface area contributed by atoms with Gasteiger partial charge < -0.3 is 14.8 Å². The van der Waals surface area contributed by atoms with Crippen molar-refractivity contribution in [2.45, 2.75) is 59.1 Å². The molecule has 0 aromatic heterocycles. The molecule has 2 fully saturated rings. The number of hydrogen-bond acceptors (Lipinski definition) is 3. The molecule has 3 heteroatoms. The van der Waals surface area contributed by atoms with Gasteiger partial charge in [-0.2, -0.15) is 0 Å². The Balaban J connectivity index is 1.54. The average Bonchev–Trinajstić information content (AvgIpc) is 3.14. The largest absolute Gasteiger partial charge is 0.380 e. The maximum atomic E-state index is 5.98. The first-order valence-corrected chi connectivity index (χ1v) is 7.93. The van der Waals surface area contributed by atoms with E-state index in [-0.39, 0.29) is 5.41 Å². The van der Waals surface area contributed by atoms with Gasteiger partial charge in [-0.05, 0) is 31.1 Å². The van der Waals surface area contributed by atoms with Gasteiger partial charge in [-0.25, -0.2) is 0 Å². The molecule has 0 radical (unpaired) electrons. The van der Waals surface area contributed by atoms with Crippen LogP contribution >= 0.6 is 0 Å². The van der Waals surface area contributed by atoms with Gasteiger partial charge in [-0.1, -0.05) is 27.7 Å². The highest BCUT2D eigenvalue weighted by atomic mass is 16.5. The Morgan fingerprint density at radius 1 is 1.26 bits per heavy atom. The van der Waals surface area contributed by atoms with Gasteiger partial charge in [-0.3, -0.25) is 0 Å².